The van der Waals surface area contributed by atoms with E-state index in [9.17, 15) is 9.18 Å². The Morgan fingerprint density at radius 3 is 2.66 bits per heavy atom. The number of carbonyl (C=O) groups excluding carboxylic acids is 1. The Bertz CT molecular complexity index is 970. The highest BCUT2D eigenvalue weighted by Crippen LogP contribution is 2.26. The molecule has 0 spiro atoms. The number of imidazole rings is 1. The van der Waals surface area contributed by atoms with E-state index in [1.807, 2.05) is 23.6 Å². The third kappa shape index (κ3) is 5.30. The van der Waals surface area contributed by atoms with Gasteiger partial charge in [0, 0.05) is 19.2 Å². The maximum atomic E-state index is 13.1. The van der Waals surface area contributed by atoms with Gasteiger partial charge in [-0.15, -0.1) is 0 Å². The van der Waals surface area contributed by atoms with Crippen LogP contribution in [0.15, 0.2) is 42.5 Å². The fraction of sp³-hybridized carbons (Fsp3) is 0.333. The molecule has 2 aromatic carbocycles. The first kappa shape index (κ1) is 20.8. The average Bonchev–Trinajstić information content (AvgIpc) is 3.05. The van der Waals surface area contributed by atoms with Crippen molar-refractivity contribution in [3.63, 3.8) is 0 Å². The Balaban J connectivity index is 1.88. The van der Waals surface area contributed by atoms with Gasteiger partial charge in [-0.1, -0.05) is 0 Å². The summed E-state index contributed by atoms with van der Waals surface area (Å²) in [6, 6.07) is 10.8. The number of amides is 1. The molecule has 0 aliphatic rings. The van der Waals surface area contributed by atoms with Gasteiger partial charge in [-0.3, -0.25) is 4.79 Å². The number of nitrogens with zero attached hydrogens (tertiary/aromatic N) is 2. The van der Waals surface area contributed by atoms with Crippen molar-refractivity contribution >= 4 is 16.9 Å². The normalized spacial score (nSPS) is 12.1. The van der Waals surface area contributed by atoms with Gasteiger partial charge >= 0.3 is 0 Å². The van der Waals surface area contributed by atoms with Crippen LogP contribution in [0.2, 0.25) is 0 Å². The van der Waals surface area contributed by atoms with Crippen molar-refractivity contribution in [3.05, 3.63) is 54.1 Å². The number of nitrogens with one attached hydrogen (secondary N) is 1. The summed E-state index contributed by atoms with van der Waals surface area (Å²) in [6.07, 6.45) is 0. The minimum Gasteiger partial charge on any atom is -0.457 e. The molecular formula is C21H25FN4O3. The van der Waals surface area contributed by atoms with Crippen LogP contribution in [-0.2, 0) is 22.6 Å². The Morgan fingerprint density at radius 2 is 1.97 bits per heavy atom. The summed E-state index contributed by atoms with van der Waals surface area (Å²) < 4.78 is 26.4. The van der Waals surface area contributed by atoms with E-state index in [2.05, 4.69) is 10.3 Å². The molecule has 29 heavy (non-hydrogen) atoms. The van der Waals surface area contributed by atoms with Crippen molar-refractivity contribution in [2.45, 2.75) is 33.0 Å². The first-order chi connectivity index (χ1) is 14.0. The minimum absolute atomic E-state index is 0.242. The lowest BCUT2D eigenvalue weighted by Crippen LogP contribution is -2.38. The second kappa shape index (κ2) is 9.49. The van der Waals surface area contributed by atoms with Crippen molar-refractivity contribution < 1.29 is 18.7 Å². The summed E-state index contributed by atoms with van der Waals surface area (Å²) in [6.45, 7) is 5.53. The van der Waals surface area contributed by atoms with Gasteiger partial charge in [-0.2, -0.15) is 0 Å². The zero-order valence-corrected chi connectivity index (χ0v) is 16.5. The maximum absolute atomic E-state index is 13.1. The molecule has 1 aromatic heterocycles. The first-order valence-electron chi connectivity index (χ1n) is 9.51. The van der Waals surface area contributed by atoms with E-state index >= 15 is 0 Å². The second-order valence-electron chi connectivity index (χ2n) is 6.59. The number of hydrogen-bond donors (Lipinski definition) is 2. The van der Waals surface area contributed by atoms with E-state index in [0.717, 1.165) is 11.0 Å². The molecule has 0 aliphatic carbocycles. The number of rotatable bonds is 9. The molecule has 0 radical (unpaired) electrons. The van der Waals surface area contributed by atoms with Gasteiger partial charge in [0.15, 0.2) is 0 Å². The number of nitrogens with two attached hydrogens (primary N) is 1. The van der Waals surface area contributed by atoms with E-state index in [1.54, 1.807) is 25.1 Å². The number of halogens is 1. The molecule has 0 bridgehead atoms. The molecule has 7 nitrogen and oxygen atoms in total. The van der Waals surface area contributed by atoms with Gasteiger partial charge in [0.25, 0.3) is 0 Å². The zero-order valence-electron chi connectivity index (χ0n) is 16.5. The quantitative estimate of drug-likeness (QED) is 0.539. The predicted octanol–water partition coefficient (Wildman–Crippen LogP) is 2.97. The largest absolute Gasteiger partial charge is 0.457 e. The Kier molecular flexibility index (Phi) is 6.79. The van der Waals surface area contributed by atoms with E-state index in [0.29, 0.717) is 37.1 Å². The highest BCUT2D eigenvalue weighted by atomic mass is 19.1. The Labute approximate surface area is 168 Å². The summed E-state index contributed by atoms with van der Waals surface area (Å²) in [4.78, 5) is 16.5. The van der Waals surface area contributed by atoms with Gasteiger partial charge in [0.1, 0.15) is 23.1 Å². The number of carbonyl (C=O) groups is 1. The maximum Gasteiger partial charge on any atom is 0.237 e. The number of fused-ring (bicyclic) bond motifs is 1. The second-order valence-corrected chi connectivity index (χ2v) is 6.59. The van der Waals surface area contributed by atoms with Crippen molar-refractivity contribution in [1.82, 2.24) is 14.9 Å². The van der Waals surface area contributed by atoms with E-state index < -0.39 is 6.04 Å². The first-order valence-corrected chi connectivity index (χ1v) is 9.51. The van der Waals surface area contributed by atoms with Crippen LogP contribution in [0.5, 0.6) is 11.5 Å². The SMILES string of the molecule is CCOCCn1c(CNC(=O)[C@H](C)N)nc2ccc(Oc3ccc(F)cc3)cc21. The predicted molar refractivity (Wildman–Crippen MR) is 108 cm³/mol. The van der Waals surface area contributed by atoms with Gasteiger partial charge in [-0.25, -0.2) is 9.37 Å². The molecule has 1 heterocycles. The van der Waals surface area contributed by atoms with Crippen LogP contribution in [0.3, 0.4) is 0 Å². The third-order valence-corrected chi connectivity index (χ3v) is 4.35. The number of ether oxygens (including phenoxy) is 2. The van der Waals surface area contributed by atoms with Crippen LogP contribution >= 0.6 is 0 Å². The van der Waals surface area contributed by atoms with Crippen LogP contribution < -0.4 is 15.8 Å². The molecule has 3 rings (SSSR count). The zero-order chi connectivity index (χ0) is 20.8. The number of benzene rings is 2. The highest BCUT2D eigenvalue weighted by molar-refractivity contribution is 5.81. The van der Waals surface area contributed by atoms with Crippen LogP contribution in [0.25, 0.3) is 11.0 Å². The Hall–Kier alpha value is -2.97. The highest BCUT2D eigenvalue weighted by Gasteiger charge is 2.14. The lowest BCUT2D eigenvalue weighted by molar-refractivity contribution is -0.122. The van der Waals surface area contributed by atoms with Crippen LogP contribution in [0, 0.1) is 5.82 Å². The molecular weight excluding hydrogens is 375 g/mol. The molecule has 8 heteroatoms. The summed E-state index contributed by atoms with van der Waals surface area (Å²) >= 11 is 0. The van der Waals surface area contributed by atoms with Crippen molar-refractivity contribution in [2.24, 2.45) is 5.73 Å². The molecule has 154 valence electrons. The van der Waals surface area contributed by atoms with Crippen molar-refractivity contribution in [1.29, 1.82) is 0 Å². The van der Waals surface area contributed by atoms with Gasteiger partial charge in [0.05, 0.1) is 30.2 Å². The molecule has 0 unspecified atom stereocenters. The lowest BCUT2D eigenvalue weighted by Gasteiger charge is -2.12. The summed E-state index contributed by atoms with van der Waals surface area (Å²) in [5.41, 5.74) is 7.25. The van der Waals surface area contributed by atoms with Crippen molar-refractivity contribution in [3.8, 4) is 11.5 Å². The minimum atomic E-state index is -0.591. The van der Waals surface area contributed by atoms with Gasteiger partial charge in [-0.05, 0) is 50.2 Å². The summed E-state index contributed by atoms with van der Waals surface area (Å²) in [7, 11) is 0. The van der Waals surface area contributed by atoms with Crippen LogP contribution in [0.1, 0.15) is 19.7 Å². The monoisotopic (exact) mass is 400 g/mol. The van der Waals surface area contributed by atoms with Crippen LogP contribution in [0.4, 0.5) is 4.39 Å². The van der Waals surface area contributed by atoms with Gasteiger partial charge in [0.2, 0.25) is 5.91 Å². The molecule has 0 fully saturated rings. The van der Waals surface area contributed by atoms with E-state index in [4.69, 9.17) is 15.2 Å². The molecule has 3 aromatic rings. The molecule has 0 aliphatic heterocycles. The third-order valence-electron chi connectivity index (χ3n) is 4.35. The molecule has 1 atom stereocenters. The van der Waals surface area contributed by atoms with E-state index in [1.165, 1.54) is 12.1 Å². The molecule has 1 amide bonds. The Morgan fingerprint density at radius 1 is 1.24 bits per heavy atom. The standard InChI is InChI=1S/C21H25FN4O3/c1-3-28-11-10-26-19-12-17(29-16-6-4-15(22)5-7-16)8-9-18(19)25-20(26)13-24-21(27)14(2)23/h4-9,12,14H,3,10-11,13,23H2,1-2H3,(H,24,27)/t14-/m0/s1. The summed E-state index contributed by atoms with van der Waals surface area (Å²) in [5, 5.41) is 2.80. The number of aromatic nitrogens is 2. The average molecular weight is 400 g/mol. The van der Waals surface area contributed by atoms with Gasteiger partial charge < -0.3 is 25.1 Å². The van der Waals surface area contributed by atoms with Crippen molar-refractivity contribution in [2.75, 3.05) is 13.2 Å². The topological polar surface area (TPSA) is 91.4 Å². The molecule has 3 N–H and O–H groups in total. The fourth-order valence-corrected chi connectivity index (χ4v) is 2.87. The molecule has 0 saturated heterocycles. The summed E-state index contributed by atoms with van der Waals surface area (Å²) in [5.74, 6) is 1.28. The van der Waals surface area contributed by atoms with E-state index in [-0.39, 0.29) is 18.3 Å². The smallest absolute Gasteiger partial charge is 0.237 e. The van der Waals surface area contributed by atoms with Crippen LogP contribution in [-0.4, -0.2) is 34.7 Å². The lowest BCUT2D eigenvalue weighted by atomic mass is 10.3. The molecule has 0 saturated carbocycles. The fourth-order valence-electron chi connectivity index (χ4n) is 2.87. The number of hydrogen-bond acceptors (Lipinski definition) is 5.